The number of benzene rings is 2. The number of halogens is 2. The second kappa shape index (κ2) is 14.8. The fraction of sp³-hybridized carbons (Fsp3) is 0.442. The van der Waals surface area contributed by atoms with Crippen LogP contribution in [-0.2, 0) is 37.7 Å². The molecule has 2 fully saturated rings. The first-order chi connectivity index (χ1) is 27.4. The van der Waals surface area contributed by atoms with Crippen molar-refractivity contribution < 1.29 is 23.0 Å². The van der Waals surface area contributed by atoms with Crippen molar-refractivity contribution in [1.82, 2.24) is 39.7 Å². The van der Waals surface area contributed by atoms with Gasteiger partial charge in [-0.25, -0.2) is 23.2 Å². The quantitative estimate of drug-likeness (QED) is 0.215. The van der Waals surface area contributed by atoms with Gasteiger partial charge in [0.2, 0.25) is 5.79 Å². The Hall–Kier alpha value is -4.86. The minimum Gasteiger partial charge on any atom is -0.366 e. The van der Waals surface area contributed by atoms with Crippen molar-refractivity contribution in [1.29, 1.82) is 0 Å². The highest BCUT2D eigenvalue weighted by Crippen LogP contribution is 2.64. The van der Waals surface area contributed by atoms with E-state index in [1.54, 1.807) is 11.8 Å². The number of aromatic nitrogens is 6. The summed E-state index contributed by atoms with van der Waals surface area (Å²) in [5.74, 6) is -3.32. The van der Waals surface area contributed by atoms with Gasteiger partial charge < -0.3 is 19.5 Å². The van der Waals surface area contributed by atoms with E-state index in [0.29, 0.717) is 31.5 Å². The zero-order chi connectivity index (χ0) is 40.1. The number of piperazine rings is 1. The maximum atomic E-state index is 16.0. The summed E-state index contributed by atoms with van der Waals surface area (Å²) in [6, 6.07) is 13.2. The summed E-state index contributed by atoms with van der Waals surface area (Å²) in [5, 5.41) is 12.7. The standard InChI is InChI=1S/C43H50F2N8O4/c1-30-31(24-39(2,3)4)22-35(37-25-56-41(57-37,26-52-29-47-27-49-52)34-15-14-33(44)23-36(34)45)42(55-5,32-12-8-6-9-13-32)43(30,53-38(54)48-28-50-53)40(16-10-7-11-17-40)51-20-18-46-19-21-51/h6-16,22-23,27-29,37,46H,17-21,24-26H2,1-5H3,(H,48,50,54). The monoisotopic (exact) mass is 780 g/mol. The number of hydrogen-bond acceptors (Lipinski definition) is 9. The van der Waals surface area contributed by atoms with E-state index < -0.39 is 45.9 Å². The largest absolute Gasteiger partial charge is 0.366 e. The number of methoxy groups -OCH3 is 1. The maximum Gasteiger partial charge on any atom is 0.344 e. The number of nitrogens with one attached hydrogen (secondary N) is 2. The molecule has 0 spiro atoms. The van der Waals surface area contributed by atoms with Crippen molar-refractivity contribution in [2.24, 2.45) is 5.41 Å². The summed E-state index contributed by atoms with van der Waals surface area (Å²) >= 11 is 0. The smallest absolute Gasteiger partial charge is 0.344 e. The van der Waals surface area contributed by atoms with Gasteiger partial charge in [0, 0.05) is 50.5 Å². The van der Waals surface area contributed by atoms with Gasteiger partial charge in [-0.15, -0.1) is 0 Å². The molecule has 0 bridgehead atoms. The summed E-state index contributed by atoms with van der Waals surface area (Å²) in [6.07, 6.45) is 15.2. The van der Waals surface area contributed by atoms with E-state index in [9.17, 15) is 9.18 Å². The Morgan fingerprint density at radius 3 is 2.47 bits per heavy atom. The number of hydrogen-bond donors (Lipinski definition) is 2. The van der Waals surface area contributed by atoms with Gasteiger partial charge in [-0.3, -0.25) is 9.88 Å². The van der Waals surface area contributed by atoms with Gasteiger partial charge in [-0.1, -0.05) is 81.5 Å². The molecule has 300 valence electrons. The molecule has 14 heteroatoms. The van der Waals surface area contributed by atoms with Crippen LogP contribution in [0.1, 0.15) is 51.7 Å². The zero-order valence-corrected chi connectivity index (χ0v) is 33.0. The van der Waals surface area contributed by atoms with E-state index in [1.807, 2.05) is 36.4 Å². The van der Waals surface area contributed by atoms with Gasteiger partial charge in [-0.2, -0.15) is 14.9 Å². The number of ether oxygens (including phenoxy) is 3. The topological polar surface area (TPSA) is 124 Å². The van der Waals surface area contributed by atoms with Crippen molar-refractivity contribution in [3.63, 3.8) is 0 Å². The van der Waals surface area contributed by atoms with Crippen LogP contribution < -0.4 is 11.0 Å². The van der Waals surface area contributed by atoms with Crippen LogP contribution in [0.25, 0.3) is 0 Å². The second-order valence-electron chi connectivity index (χ2n) is 16.5. The SMILES string of the molecule is COC1(c2ccccc2)C(C2COC(Cn3cncn3)(c3ccc(F)cc3F)O2)=CC(CC(C)(C)C)=C(C)C1(n1nc[nH]c1=O)C1(N2CCNCC2)C=CC=CC1. The molecule has 5 atom stereocenters. The Balaban J connectivity index is 1.47. The molecule has 0 radical (unpaired) electrons. The lowest BCUT2D eigenvalue weighted by Crippen LogP contribution is -2.77. The molecule has 2 aromatic carbocycles. The molecule has 2 aliphatic heterocycles. The normalized spacial score (nSPS) is 29.6. The molecule has 4 aromatic rings. The Bertz CT molecular complexity index is 2270. The predicted octanol–water partition coefficient (Wildman–Crippen LogP) is 5.50. The fourth-order valence-electron chi connectivity index (χ4n) is 9.93. The van der Waals surface area contributed by atoms with E-state index in [0.717, 1.165) is 35.9 Å². The first-order valence-electron chi connectivity index (χ1n) is 19.5. The third-order valence-corrected chi connectivity index (χ3v) is 12.0. The van der Waals surface area contributed by atoms with E-state index in [2.05, 4.69) is 77.3 Å². The van der Waals surface area contributed by atoms with Crippen molar-refractivity contribution in [3.8, 4) is 0 Å². The first-order valence-corrected chi connectivity index (χ1v) is 19.5. The summed E-state index contributed by atoms with van der Waals surface area (Å²) < 4.78 is 54.6. The van der Waals surface area contributed by atoms with Gasteiger partial charge in [-0.05, 0) is 54.0 Å². The number of H-pyrrole nitrogens is 1. The molecule has 57 heavy (non-hydrogen) atoms. The third kappa shape index (κ3) is 6.20. The van der Waals surface area contributed by atoms with Crippen LogP contribution >= 0.6 is 0 Å². The van der Waals surface area contributed by atoms with E-state index in [4.69, 9.17) is 19.3 Å². The summed E-state index contributed by atoms with van der Waals surface area (Å²) in [5.41, 5.74) is -1.16. The van der Waals surface area contributed by atoms with Crippen LogP contribution in [0, 0.1) is 17.0 Å². The molecule has 2 N–H and O–H groups in total. The van der Waals surface area contributed by atoms with E-state index in [1.165, 1.54) is 35.8 Å². The lowest BCUT2D eigenvalue weighted by Gasteiger charge is -2.64. The summed E-state index contributed by atoms with van der Waals surface area (Å²) in [7, 11) is 1.67. The van der Waals surface area contributed by atoms with Crippen LogP contribution in [0.4, 0.5) is 8.78 Å². The van der Waals surface area contributed by atoms with Crippen LogP contribution in [-0.4, -0.2) is 86.0 Å². The van der Waals surface area contributed by atoms with Gasteiger partial charge in [0.1, 0.15) is 54.4 Å². The fourth-order valence-corrected chi connectivity index (χ4v) is 9.93. The number of aromatic amines is 1. The van der Waals surface area contributed by atoms with Crippen molar-refractivity contribution in [2.45, 2.75) is 75.7 Å². The van der Waals surface area contributed by atoms with Gasteiger partial charge in [0.25, 0.3) is 0 Å². The summed E-state index contributed by atoms with van der Waals surface area (Å²) in [6.45, 7) is 11.4. The maximum absolute atomic E-state index is 16.0. The Kier molecular flexibility index (Phi) is 10.1. The van der Waals surface area contributed by atoms with Crippen LogP contribution in [0.5, 0.6) is 0 Å². The lowest BCUT2D eigenvalue weighted by atomic mass is 9.51. The molecule has 2 saturated heterocycles. The molecular formula is C43H50F2N8O4. The predicted molar refractivity (Wildman–Crippen MR) is 210 cm³/mol. The number of rotatable bonds is 10. The second-order valence-corrected chi connectivity index (χ2v) is 16.5. The highest BCUT2D eigenvalue weighted by molar-refractivity contribution is 5.58. The van der Waals surface area contributed by atoms with Gasteiger partial charge >= 0.3 is 5.69 Å². The molecule has 4 aliphatic rings. The molecular weight excluding hydrogens is 731 g/mol. The van der Waals surface area contributed by atoms with Crippen LogP contribution in [0.15, 0.2) is 119 Å². The highest BCUT2D eigenvalue weighted by Gasteiger charge is 2.73. The van der Waals surface area contributed by atoms with E-state index >= 15 is 4.39 Å². The summed E-state index contributed by atoms with van der Waals surface area (Å²) in [4.78, 5) is 24.1. The van der Waals surface area contributed by atoms with Gasteiger partial charge in [0.15, 0.2) is 0 Å². The van der Waals surface area contributed by atoms with Gasteiger partial charge in [0.05, 0.1) is 12.1 Å². The van der Waals surface area contributed by atoms with Crippen molar-refractivity contribution in [3.05, 3.63) is 148 Å². The average Bonchev–Trinajstić information content (AvgIpc) is 3.98. The molecule has 2 aliphatic carbocycles. The minimum atomic E-state index is -1.76. The molecule has 12 nitrogen and oxygen atoms in total. The first kappa shape index (κ1) is 39.0. The van der Waals surface area contributed by atoms with E-state index in [-0.39, 0.29) is 24.1 Å². The molecule has 0 saturated carbocycles. The highest BCUT2D eigenvalue weighted by atomic mass is 19.1. The molecule has 4 heterocycles. The zero-order valence-electron chi connectivity index (χ0n) is 33.0. The Labute approximate surface area is 330 Å². The minimum absolute atomic E-state index is 0.00935. The molecule has 0 amide bonds. The van der Waals surface area contributed by atoms with Crippen molar-refractivity contribution >= 4 is 0 Å². The Morgan fingerprint density at radius 1 is 1.05 bits per heavy atom. The van der Waals surface area contributed by atoms with Crippen LogP contribution in [0.2, 0.25) is 0 Å². The molecule has 5 unspecified atom stereocenters. The third-order valence-electron chi connectivity index (χ3n) is 12.0. The van der Waals surface area contributed by atoms with Crippen LogP contribution in [0.3, 0.4) is 0 Å². The molecule has 8 rings (SSSR count). The number of nitrogens with zero attached hydrogens (tertiary/aromatic N) is 6. The number of allylic oxidation sites excluding steroid dienone is 4. The Morgan fingerprint density at radius 2 is 1.84 bits per heavy atom. The lowest BCUT2D eigenvalue weighted by molar-refractivity contribution is -0.194. The average molecular weight is 781 g/mol. The van der Waals surface area contributed by atoms with Crippen molar-refractivity contribution in [2.75, 3.05) is 39.9 Å². The molecule has 2 aromatic heterocycles.